The molecule has 2 aromatic heterocycles. The molecule has 0 radical (unpaired) electrons. The van der Waals surface area contributed by atoms with Crippen molar-refractivity contribution in [3.63, 3.8) is 0 Å². The molecule has 1 aliphatic rings. The predicted molar refractivity (Wildman–Crippen MR) is 90.7 cm³/mol. The van der Waals surface area contributed by atoms with Crippen molar-refractivity contribution in [3.05, 3.63) is 70.0 Å². The molecular formula is C19H15N3O2. The van der Waals surface area contributed by atoms with Crippen molar-refractivity contribution in [1.29, 1.82) is 0 Å². The van der Waals surface area contributed by atoms with Crippen molar-refractivity contribution in [2.24, 2.45) is 0 Å². The van der Waals surface area contributed by atoms with Crippen LogP contribution in [-0.2, 0) is 17.7 Å². The molecule has 0 spiro atoms. The van der Waals surface area contributed by atoms with E-state index in [0.29, 0.717) is 42.8 Å². The van der Waals surface area contributed by atoms with Crippen LogP contribution in [0.25, 0.3) is 10.9 Å². The number of hydrogen-bond donors (Lipinski definition) is 0. The number of hydrogen-bond acceptors (Lipinski definition) is 4. The Morgan fingerprint density at radius 3 is 2.96 bits per heavy atom. The molecule has 24 heavy (non-hydrogen) atoms. The van der Waals surface area contributed by atoms with Gasteiger partial charge in [0.05, 0.1) is 30.7 Å². The van der Waals surface area contributed by atoms with Crippen LogP contribution in [-0.4, -0.2) is 27.7 Å². The third-order valence-electron chi connectivity index (χ3n) is 3.96. The first kappa shape index (κ1) is 14.6. The maximum atomic E-state index is 12.6. The minimum Gasteiger partial charge on any atom is -0.379 e. The number of benzene rings is 1. The Hall–Kier alpha value is -2.97. The Morgan fingerprint density at radius 2 is 2.08 bits per heavy atom. The predicted octanol–water partition coefficient (Wildman–Crippen LogP) is 1.76. The molecule has 0 unspecified atom stereocenters. The maximum absolute atomic E-state index is 12.6. The zero-order chi connectivity index (χ0) is 16.4. The Kier molecular flexibility index (Phi) is 3.81. The third-order valence-corrected chi connectivity index (χ3v) is 3.96. The standard InChI is InChI=1S/C19H15N3O2/c23-19-16-7-5-14(4-6-15-3-1-2-9-20-15)13-17(16)21-18-8-11-24-12-10-22(18)19/h1-3,5,7,9,13H,8,10-12H2. The highest BCUT2D eigenvalue weighted by Crippen LogP contribution is 2.13. The largest absolute Gasteiger partial charge is 0.379 e. The average Bonchev–Trinajstić information content (AvgIpc) is 2.86. The van der Waals surface area contributed by atoms with E-state index in [0.717, 1.165) is 11.4 Å². The van der Waals surface area contributed by atoms with E-state index in [2.05, 4.69) is 21.8 Å². The lowest BCUT2D eigenvalue weighted by atomic mass is 10.1. The fourth-order valence-corrected chi connectivity index (χ4v) is 2.76. The van der Waals surface area contributed by atoms with Gasteiger partial charge in [-0.25, -0.2) is 9.97 Å². The van der Waals surface area contributed by atoms with E-state index in [1.807, 2.05) is 30.3 Å². The minimum absolute atomic E-state index is 0.00950. The molecule has 0 amide bonds. The summed E-state index contributed by atoms with van der Waals surface area (Å²) in [5, 5.41) is 0.615. The van der Waals surface area contributed by atoms with E-state index in [-0.39, 0.29) is 5.56 Å². The van der Waals surface area contributed by atoms with Gasteiger partial charge in [-0.3, -0.25) is 9.36 Å². The summed E-state index contributed by atoms with van der Waals surface area (Å²) in [6.07, 6.45) is 2.36. The third kappa shape index (κ3) is 2.80. The van der Waals surface area contributed by atoms with Gasteiger partial charge in [-0.15, -0.1) is 0 Å². The fraction of sp³-hybridized carbons (Fsp3) is 0.211. The topological polar surface area (TPSA) is 57.0 Å². The summed E-state index contributed by atoms with van der Waals surface area (Å²) in [6, 6.07) is 11.1. The minimum atomic E-state index is -0.00950. The number of pyridine rings is 1. The fourth-order valence-electron chi connectivity index (χ4n) is 2.76. The lowest BCUT2D eigenvalue weighted by molar-refractivity contribution is 0.140. The Labute approximate surface area is 138 Å². The van der Waals surface area contributed by atoms with Crippen molar-refractivity contribution < 1.29 is 4.74 Å². The number of nitrogens with zero attached hydrogens (tertiary/aromatic N) is 3. The van der Waals surface area contributed by atoms with Crippen LogP contribution in [0.3, 0.4) is 0 Å². The number of aromatic nitrogens is 3. The zero-order valence-electron chi connectivity index (χ0n) is 13.0. The Balaban J connectivity index is 1.79. The lowest BCUT2D eigenvalue weighted by Gasteiger charge is -2.09. The Morgan fingerprint density at radius 1 is 1.12 bits per heavy atom. The van der Waals surface area contributed by atoms with Crippen LogP contribution in [0.1, 0.15) is 17.1 Å². The molecule has 0 bridgehead atoms. The molecule has 0 atom stereocenters. The van der Waals surface area contributed by atoms with Crippen LogP contribution in [0.15, 0.2) is 47.4 Å². The Bertz CT molecular complexity index is 1010. The van der Waals surface area contributed by atoms with Gasteiger partial charge in [0.1, 0.15) is 11.5 Å². The average molecular weight is 317 g/mol. The van der Waals surface area contributed by atoms with Crippen LogP contribution in [0.2, 0.25) is 0 Å². The number of ether oxygens (including phenoxy) is 1. The first-order valence-corrected chi connectivity index (χ1v) is 7.85. The van der Waals surface area contributed by atoms with Crippen molar-refractivity contribution in [1.82, 2.24) is 14.5 Å². The maximum Gasteiger partial charge on any atom is 0.261 e. The van der Waals surface area contributed by atoms with E-state index < -0.39 is 0 Å². The molecule has 0 saturated heterocycles. The van der Waals surface area contributed by atoms with Crippen molar-refractivity contribution >= 4 is 10.9 Å². The molecule has 3 aromatic rings. The summed E-state index contributed by atoms with van der Waals surface area (Å²) >= 11 is 0. The van der Waals surface area contributed by atoms with Crippen molar-refractivity contribution in [3.8, 4) is 11.8 Å². The molecule has 4 rings (SSSR count). The highest BCUT2D eigenvalue weighted by Gasteiger charge is 2.13. The van der Waals surface area contributed by atoms with Crippen LogP contribution in [0.4, 0.5) is 0 Å². The summed E-state index contributed by atoms with van der Waals surface area (Å²) in [7, 11) is 0. The molecule has 118 valence electrons. The smallest absolute Gasteiger partial charge is 0.261 e. The van der Waals surface area contributed by atoms with E-state index in [1.165, 1.54) is 0 Å². The molecule has 5 nitrogen and oxygen atoms in total. The molecule has 0 fully saturated rings. The van der Waals surface area contributed by atoms with Gasteiger partial charge in [0.2, 0.25) is 0 Å². The van der Waals surface area contributed by atoms with Gasteiger partial charge < -0.3 is 4.74 Å². The van der Waals surface area contributed by atoms with E-state index in [1.54, 1.807) is 16.8 Å². The van der Waals surface area contributed by atoms with Gasteiger partial charge in [0, 0.05) is 18.2 Å². The summed E-state index contributed by atoms with van der Waals surface area (Å²) in [6.45, 7) is 1.70. The number of fused-ring (bicyclic) bond motifs is 2. The SMILES string of the molecule is O=c1c2ccc(C#Cc3ccccn3)cc2nc2n1CCOCC2. The highest BCUT2D eigenvalue weighted by atomic mass is 16.5. The van der Waals surface area contributed by atoms with Crippen LogP contribution in [0, 0.1) is 11.8 Å². The summed E-state index contributed by atoms with van der Waals surface area (Å²) < 4.78 is 7.16. The normalized spacial score (nSPS) is 13.7. The molecule has 1 aromatic carbocycles. The van der Waals surface area contributed by atoms with E-state index >= 15 is 0 Å². The second-order valence-corrected chi connectivity index (χ2v) is 5.54. The molecule has 1 aliphatic heterocycles. The molecular weight excluding hydrogens is 302 g/mol. The van der Waals surface area contributed by atoms with Gasteiger partial charge in [0.25, 0.3) is 5.56 Å². The van der Waals surface area contributed by atoms with Crippen LogP contribution in [0.5, 0.6) is 0 Å². The van der Waals surface area contributed by atoms with Crippen molar-refractivity contribution in [2.75, 3.05) is 13.2 Å². The summed E-state index contributed by atoms with van der Waals surface area (Å²) in [4.78, 5) is 21.5. The quantitative estimate of drug-likeness (QED) is 0.593. The van der Waals surface area contributed by atoms with Gasteiger partial charge in [-0.2, -0.15) is 0 Å². The van der Waals surface area contributed by atoms with Gasteiger partial charge in [0.15, 0.2) is 0 Å². The van der Waals surface area contributed by atoms with Crippen LogP contribution < -0.4 is 5.56 Å². The second kappa shape index (κ2) is 6.26. The van der Waals surface area contributed by atoms with Gasteiger partial charge >= 0.3 is 0 Å². The first-order chi connectivity index (χ1) is 11.8. The van der Waals surface area contributed by atoms with E-state index in [4.69, 9.17) is 4.74 Å². The molecule has 0 aliphatic carbocycles. The van der Waals surface area contributed by atoms with Crippen LogP contribution >= 0.6 is 0 Å². The summed E-state index contributed by atoms with van der Waals surface area (Å²) in [5.74, 6) is 6.88. The molecule has 3 heterocycles. The molecule has 0 N–H and O–H groups in total. The van der Waals surface area contributed by atoms with Gasteiger partial charge in [-0.1, -0.05) is 12.0 Å². The zero-order valence-corrected chi connectivity index (χ0v) is 13.0. The summed E-state index contributed by atoms with van der Waals surface area (Å²) in [5.41, 5.74) is 2.20. The first-order valence-electron chi connectivity index (χ1n) is 7.85. The monoisotopic (exact) mass is 317 g/mol. The second-order valence-electron chi connectivity index (χ2n) is 5.54. The number of rotatable bonds is 0. The molecule has 0 saturated carbocycles. The van der Waals surface area contributed by atoms with Crippen molar-refractivity contribution in [2.45, 2.75) is 13.0 Å². The molecule has 5 heteroatoms. The van der Waals surface area contributed by atoms with E-state index in [9.17, 15) is 4.79 Å². The van der Waals surface area contributed by atoms with Gasteiger partial charge in [-0.05, 0) is 36.3 Å². The highest BCUT2D eigenvalue weighted by molar-refractivity contribution is 5.79. The lowest BCUT2D eigenvalue weighted by Crippen LogP contribution is -2.25.